The van der Waals surface area contributed by atoms with Crippen LogP contribution in [0.25, 0.3) is 0 Å². The third-order valence-electron chi connectivity index (χ3n) is 4.43. The minimum absolute atomic E-state index is 0. The molecule has 2 unspecified atom stereocenters. The summed E-state index contributed by atoms with van der Waals surface area (Å²) in [5.74, 6) is -0.106. The van der Waals surface area contributed by atoms with Crippen LogP contribution < -0.4 is 5.32 Å². The molecule has 1 aromatic carbocycles. The Kier molecular flexibility index (Phi) is 5.89. The average Bonchev–Trinajstić information content (AvgIpc) is 2.85. The predicted octanol–water partition coefficient (Wildman–Crippen LogP) is 2.71. The highest BCUT2D eigenvalue weighted by molar-refractivity contribution is 7.98. The van der Waals surface area contributed by atoms with Crippen LogP contribution >= 0.6 is 24.2 Å². The number of likely N-dealkylation sites (tertiary alicyclic amines) is 1. The van der Waals surface area contributed by atoms with Crippen LogP contribution in [0.1, 0.15) is 29.6 Å². The zero-order valence-electron chi connectivity index (χ0n) is 12.9. The van der Waals surface area contributed by atoms with Gasteiger partial charge in [0.25, 0.3) is 11.6 Å². The second-order valence-corrected chi connectivity index (χ2v) is 6.67. The Morgan fingerprint density at radius 3 is 2.78 bits per heavy atom. The summed E-state index contributed by atoms with van der Waals surface area (Å²) in [6, 6.07) is 5.63. The van der Waals surface area contributed by atoms with Crippen molar-refractivity contribution in [2.75, 3.05) is 19.3 Å². The molecule has 2 atom stereocenters. The lowest BCUT2D eigenvalue weighted by molar-refractivity contribution is -0.387. The van der Waals surface area contributed by atoms with Crippen LogP contribution in [0.15, 0.2) is 23.1 Å². The Hall–Kier alpha value is -1.31. The van der Waals surface area contributed by atoms with Crippen molar-refractivity contribution >= 4 is 35.8 Å². The third kappa shape index (κ3) is 3.79. The maximum absolute atomic E-state index is 12.7. The number of carbonyl (C=O) groups is 1. The minimum atomic E-state index is -0.422. The molecule has 2 bridgehead atoms. The van der Waals surface area contributed by atoms with Gasteiger partial charge in [-0.2, -0.15) is 0 Å². The molecule has 8 heteroatoms. The van der Waals surface area contributed by atoms with Gasteiger partial charge >= 0.3 is 0 Å². The van der Waals surface area contributed by atoms with Crippen LogP contribution in [-0.2, 0) is 0 Å². The van der Waals surface area contributed by atoms with Gasteiger partial charge in [0.2, 0.25) is 0 Å². The van der Waals surface area contributed by atoms with Gasteiger partial charge in [-0.25, -0.2) is 0 Å². The third-order valence-corrected chi connectivity index (χ3v) is 5.22. The van der Waals surface area contributed by atoms with Crippen molar-refractivity contribution in [2.45, 2.75) is 36.2 Å². The number of nitrogens with zero attached hydrogens (tertiary/aromatic N) is 2. The quantitative estimate of drug-likeness (QED) is 0.511. The first kappa shape index (κ1) is 18.0. The van der Waals surface area contributed by atoms with Gasteiger partial charge in [-0.1, -0.05) is 0 Å². The number of fused-ring (bicyclic) bond motifs is 2. The SMILES string of the molecule is CSc1ccc(C(=O)N2CCC3CCC(C2)N3)cc1[N+](=O)[O-].Cl. The second-order valence-electron chi connectivity index (χ2n) is 5.82. The van der Waals surface area contributed by atoms with Gasteiger partial charge in [0.05, 0.1) is 9.82 Å². The van der Waals surface area contributed by atoms with Gasteiger partial charge in [0.1, 0.15) is 0 Å². The fourth-order valence-electron chi connectivity index (χ4n) is 3.28. The van der Waals surface area contributed by atoms with Crippen LogP contribution in [0.2, 0.25) is 0 Å². The zero-order chi connectivity index (χ0) is 15.7. The molecule has 1 aromatic rings. The number of benzene rings is 1. The summed E-state index contributed by atoms with van der Waals surface area (Å²) in [5.41, 5.74) is 0.412. The van der Waals surface area contributed by atoms with Gasteiger partial charge in [0.15, 0.2) is 0 Å². The number of hydrogen-bond acceptors (Lipinski definition) is 5. The van der Waals surface area contributed by atoms with Crippen molar-refractivity contribution in [3.63, 3.8) is 0 Å². The van der Waals surface area contributed by atoms with E-state index in [4.69, 9.17) is 0 Å². The smallest absolute Gasteiger partial charge is 0.283 e. The van der Waals surface area contributed by atoms with E-state index in [0.29, 0.717) is 35.6 Å². The summed E-state index contributed by atoms with van der Waals surface area (Å²) in [7, 11) is 0. The fraction of sp³-hybridized carbons (Fsp3) is 0.533. The molecular weight excluding hydrogens is 338 g/mol. The highest BCUT2D eigenvalue weighted by atomic mass is 35.5. The van der Waals surface area contributed by atoms with Crippen LogP contribution in [0.5, 0.6) is 0 Å². The largest absolute Gasteiger partial charge is 0.337 e. The summed E-state index contributed by atoms with van der Waals surface area (Å²) in [6.45, 7) is 1.40. The van der Waals surface area contributed by atoms with Crippen molar-refractivity contribution < 1.29 is 9.72 Å². The first-order valence-corrected chi connectivity index (χ1v) is 8.68. The lowest BCUT2D eigenvalue weighted by Gasteiger charge is -2.24. The molecule has 2 heterocycles. The summed E-state index contributed by atoms with van der Waals surface area (Å²) < 4.78 is 0. The number of nitro benzene ring substituents is 1. The summed E-state index contributed by atoms with van der Waals surface area (Å²) >= 11 is 1.32. The van der Waals surface area contributed by atoms with Crippen molar-refractivity contribution in [1.29, 1.82) is 0 Å². The number of nitro groups is 1. The normalized spacial score (nSPS) is 23.1. The molecule has 1 N–H and O–H groups in total. The van der Waals surface area contributed by atoms with Crippen molar-refractivity contribution in [1.82, 2.24) is 10.2 Å². The Labute approximate surface area is 145 Å². The molecule has 23 heavy (non-hydrogen) atoms. The van der Waals surface area contributed by atoms with Gasteiger partial charge in [-0.3, -0.25) is 14.9 Å². The van der Waals surface area contributed by atoms with Crippen LogP contribution in [0.3, 0.4) is 0 Å². The predicted molar refractivity (Wildman–Crippen MR) is 92.6 cm³/mol. The summed E-state index contributed by atoms with van der Waals surface area (Å²) in [6.07, 6.45) is 5.02. The lowest BCUT2D eigenvalue weighted by Crippen LogP contribution is -2.39. The fourth-order valence-corrected chi connectivity index (χ4v) is 3.82. The van der Waals surface area contributed by atoms with Gasteiger partial charge in [0, 0.05) is 36.8 Å². The molecule has 0 saturated carbocycles. The number of halogens is 1. The molecule has 0 aliphatic carbocycles. The monoisotopic (exact) mass is 357 g/mol. The molecule has 1 amide bonds. The molecule has 0 spiro atoms. The Bertz CT molecular complexity index is 614. The lowest BCUT2D eigenvalue weighted by atomic mass is 10.1. The summed E-state index contributed by atoms with van der Waals surface area (Å²) in [4.78, 5) is 25.8. The molecule has 2 aliphatic heterocycles. The topological polar surface area (TPSA) is 75.5 Å². The number of thioether (sulfide) groups is 1. The van der Waals surface area contributed by atoms with Crippen molar-refractivity contribution in [2.24, 2.45) is 0 Å². The van der Waals surface area contributed by atoms with Crippen molar-refractivity contribution in [3.8, 4) is 0 Å². The molecular formula is C15H20ClN3O3S. The van der Waals surface area contributed by atoms with E-state index in [0.717, 1.165) is 12.8 Å². The maximum atomic E-state index is 12.7. The minimum Gasteiger partial charge on any atom is -0.337 e. The van der Waals surface area contributed by atoms with Crippen LogP contribution in [0, 0.1) is 10.1 Å². The first-order chi connectivity index (χ1) is 10.6. The number of nitrogens with one attached hydrogen (secondary N) is 1. The van der Waals surface area contributed by atoms with Gasteiger partial charge in [-0.05, 0) is 37.7 Å². The van der Waals surface area contributed by atoms with E-state index < -0.39 is 4.92 Å². The molecule has 2 saturated heterocycles. The van der Waals surface area contributed by atoms with Gasteiger partial charge in [-0.15, -0.1) is 24.2 Å². The first-order valence-electron chi connectivity index (χ1n) is 7.46. The van der Waals surface area contributed by atoms with E-state index in [1.165, 1.54) is 24.2 Å². The number of carbonyl (C=O) groups excluding carboxylic acids is 1. The van der Waals surface area contributed by atoms with Crippen LogP contribution in [-0.4, -0.2) is 47.2 Å². The van der Waals surface area contributed by atoms with E-state index in [9.17, 15) is 14.9 Å². The number of rotatable bonds is 3. The molecule has 6 nitrogen and oxygen atoms in total. The Morgan fingerprint density at radius 1 is 1.35 bits per heavy atom. The van der Waals surface area contributed by atoms with Gasteiger partial charge < -0.3 is 10.2 Å². The van der Waals surface area contributed by atoms with E-state index in [2.05, 4.69) is 5.32 Å². The molecule has 0 radical (unpaired) electrons. The Balaban J connectivity index is 0.00000192. The summed E-state index contributed by atoms with van der Waals surface area (Å²) in [5, 5.41) is 14.7. The highest BCUT2D eigenvalue weighted by Crippen LogP contribution is 2.29. The molecule has 0 aromatic heterocycles. The van der Waals surface area contributed by atoms with Crippen molar-refractivity contribution in [3.05, 3.63) is 33.9 Å². The van der Waals surface area contributed by atoms with E-state index >= 15 is 0 Å². The number of amides is 1. The molecule has 3 rings (SSSR count). The van der Waals surface area contributed by atoms with E-state index in [1.807, 2.05) is 4.90 Å². The van der Waals surface area contributed by atoms with E-state index in [1.54, 1.807) is 18.4 Å². The average molecular weight is 358 g/mol. The Morgan fingerprint density at radius 2 is 2.09 bits per heavy atom. The zero-order valence-corrected chi connectivity index (χ0v) is 14.5. The standard InChI is InChI=1S/C15H19N3O3S.ClH/c1-22-14-5-2-10(8-13(14)18(20)21)15(19)17-7-6-11-3-4-12(9-17)16-11;/h2,5,8,11-12,16H,3-4,6-7,9H2,1H3;1H. The highest BCUT2D eigenvalue weighted by Gasteiger charge is 2.31. The molecule has 126 valence electrons. The molecule has 2 fully saturated rings. The van der Waals surface area contributed by atoms with Crippen LogP contribution in [0.4, 0.5) is 5.69 Å². The maximum Gasteiger partial charge on any atom is 0.283 e. The molecule has 2 aliphatic rings. The number of hydrogen-bond donors (Lipinski definition) is 1. The second kappa shape index (κ2) is 7.51. The van der Waals surface area contributed by atoms with E-state index in [-0.39, 0.29) is 24.0 Å².